The minimum Gasteiger partial charge on any atom is -0.496 e. The molecule has 0 aromatic heterocycles. The molecule has 0 saturated heterocycles. The summed E-state index contributed by atoms with van der Waals surface area (Å²) < 4.78 is 5.40. The Bertz CT molecular complexity index is 807. The average Bonchev–Trinajstić information content (AvgIpc) is 2.87. The predicted octanol–water partition coefficient (Wildman–Crippen LogP) is 5.62. The summed E-state index contributed by atoms with van der Waals surface area (Å²) in [7, 11) is 1.63. The Morgan fingerprint density at radius 1 is 1.00 bits per heavy atom. The third kappa shape index (κ3) is 3.09. The molecule has 3 rings (SSSR count). The van der Waals surface area contributed by atoms with Gasteiger partial charge in [-0.3, -0.25) is 9.98 Å². The van der Waals surface area contributed by atoms with Gasteiger partial charge in [-0.25, -0.2) is 0 Å². The molecule has 0 N–H and O–H groups in total. The van der Waals surface area contributed by atoms with E-state index in [2.05, 4.69) is 4.99 Å². The highest BCUT2D eigenvalue weighted by Crippen LogP contribution is 2.38. The van der Waals surface area contributed by atoms with E-state index in [4.69, 9.17) is 44.5 Å². The molecule has 0 radical (unpaired) electrons. The summed E-state index contributed by atoms with van der Waals surface area (Å²) in [6, 6.07) is 11.0. The van der Waals surface area contributed by atoms with Crippen molar-refractivity contribution in [3.63, 3.8) is 0 Å². The first-order chi connectivity index (χ1) is 11.0. The summed E-state index contributed by atoms with van der Waals surface area (Å²) in [5.41, 5.74) is 3.12. The molecule has 0 spiro atoms. The number of para-hydroxylation sites is 1. The molecular weight excluding hydrogens is 355 g/mol. The van der Waals surface area contributed by atoms with Crippen molar-refractivity contribution in [2.45, 2.75) is 13.1 Å². The number of nitrogens with zero attached hydrogens (tertiary/aromatic N) is 2. The Labute approximate surface area is 149 Å². The van der Waals surface area contributed by atoms with Crippen molar-refractivity contribution in [3.8, 4) is 5.75 Å². The fraction of sp³-hybridized carbons (Fsp3) is 0.176. The lowest BCUT2D eigenvalue weighted by atomic mass is 10.1. The zero-order valence-corrected chi connectivity index (χ0v) is 14.7. The van der Waals surface area contributed by atoms with E-state index < -0.39 is 6.17 Å². The minimum atomic E-state index is -0.479. The number of ether oxygens (including phenoxy) is 1. The van der Waals surface area contributed by atoms with Crippen LogP contribution >= 0.6 is 34.8 Å². The quantitative estimate of drug-likeness (QED) is 0.693. The van der Waals surface area contributed by atoms with Crippen molar-refractivity contribution < 1.29 is 4.74 Å². The summed E-state index contributed by atoms with van der Waals surface area (Å²) in [4.78, 5) is 9.28. The third-order valence-corrected chi connectivity index (χ3v) is 4.42. The van der Waals surface area contributed by atoms with Crippen LogP contribution in [0.1, 0.15) is 24.2 Å². The Hall–Kier alpha value is -1.55. The van der Waals surface area contributed by atoms with Gasteiger partial charge in [-0.1, -0.05) is 46.9 Å². The van der Waals surface area contributed by atoms with Crippen LogP contribution in [0.4, 0.5) is 0 Å². The molecule has 1 atom stereocenters. The van der Waals surface area contributed by atoms with Crippen molar-refractivity contribution in [1.82, 2.24) is 0 Å². The van der Waals surface area contributed by atoms with Gasteiger partial charge < -0.3 is 4.74 Å². The van der Waals surface area contributed by atoms with Gasteiger partial charge in [-0.05, 0) is 31.2 Å². The van der Waals surface area contributed by atoms with E-state index in [0.717, 1.165) is 22.7 Å². The molecule has 118 valence electrons. The lowest BCUT2D eigenvalue weighted by Gasteiger charge is -2.10. The van der Waals surface area contributed by atoms with Crippen LogP contribution in [0.3, 0.4) is 0 Å². The SMILES string of the molecule is COc1ccccc1C1=N[C@H](c2c(Cl)cc(Cl)cc2Cl)N=C1C. The van der Waals surface area contributed by atoms with Gasteiger partial charge in [0.1, 0.15) is 5.75 Å². The number of methoxy groups -OCH3 is 1. The largest absolute Gasteiger partial charge is 0.496 e. The third-order valence-electron chi connectivity index (χ3n) is 3.57. The molecule has 6 heteroatoms. The monoisotopic (exact) mass is 366 g/mol. The van der Waals surface area contributed by atoms with Crippen LogP contribution in [0, 0.1) is 0 Å². The Kier molecular flexibility index (Phi) is 4.62. The highest BCUT2D eigenvalue weighted by Gasteiger charge is 2.26. The summed E-state index contributed by atoms with van der Waals surface area (Å²) in [5, 5.41) is 1.39. The van der Waals surface area contributed by atoms with Crippen molar-refractivity contribution in [1.29, 1.82) is 0 Å². The van der Waals surface area contributed by atoms with Crippen molar-refractivity contribution in [2.75, 3.05) is 7.11 Å². The molecule has 2 aromatic carbocycles. The Morgan fingerprint density at radius 3 is 2.30 bits per heavy atom. The molecule has 2 aromatic rings. The van der Waals surface area contributed by atoms with Crippen LogP contribution in [0.2, 0.25) is 15.1 Å². The molecule has 0 bridgehead atoms. The van der Waals surface area contributed by atoms with Gasteiger partial charge in [0, 0.05) is 16.1 Å². The topological polar surface area (TPSA) is 34.0 Å². The van der Waals surface area contributed by atoms with Gasteiger partial charge in [0.15, 0.2) is 6.17 Å². The van der Waals surface area contributed by atoms with E-state index in [1.807, 2.05) is 31.2 Å². The van der Waals surface area contributed by atoms with Crippen LogP contribution in [-0.4, -0.2) is 18.5 Å². The fourth-order valence-electron chi connectivity index (χ4n) is 2.52. The maximum Gasteiger partial charge on any atom is 0.169 e. The van der Waals surface area contributed by atoms with E-state index in [1.54, 1.807) is 19.2 Å². The Morgan fingerprint density at radius 2 is 1.65 bits per heavy atom. The highest BCUT2D eigenvalue weighted by molar-refractivity contribution is 6.49. The van der Waals surface area contributed by atoms with E-state index in [1.165, 1.54) is 0 Å². The van der Waals surface area contributed by atoms with Crippen molar-refractivity contribution >= 4 is 46.2 Å². The molecule has 23 heavy (non-hydrogen) atoms. The normalized spacial score (nSPS) is 17.0. The van der Waals surface area contributed by atoms with Crippen molar-refractivity contribution in [3.05, 3.63) is 62.6 Å². The summed E-state index contributed by atoms with van der Waals surface area (Å²) in [6.45, 7) is 1.91. The lowest BCUT2D eigenvalue weighted by molar-refractivity contribution is 0.414. The van der Waals surface area contributed by atoms with Gasteiger partial charge in [-0.2, -0.15) is 0 Å². The van der Waals surface area contributed by atoms with Gasteiger partial charge in [0.2, 0.25) is 0 Å². The van der Waals surface area contributed by atoms with Gasteiger partial charge in [0.25, 0.3) is 0 Å². The van der Waals surface area contributed by atoms with Gasteiger partial charge in [-0.15, -0.1) is 0 Å². The molecule has 0 unspecified atom stereocenters. The van der Waals surface area contributed by atoms with Crippen LogP contribution in [0.5, 0.6) is 5.75 Å². The number of benzene rings is 2. The summed E-state index contributed by atoms with van der Waals surface area (Å²) in [5.74, 6) is 0.745. The molecule has 1 aliphatic rings. The smallest absolute Gasteiger partial charge is 0.169 e. The highest BCUT2D eigenvalue weighted by atomic mass is 35.5. The molecular formula is C17H13Cl3N2O. The lowest BCUT2D eigenvalue weighted by Crippen LogP contribution is -2.09. The number of halogens is 3. The second-order valence-electron chi connectivity index (χ2n) is 5.05. The van der Waals surface area contributed by atoms with Crippen LogP contribution in [-0.2, 0) is 0 Å². The van der Waals surface area contributed by atoms with Gasteiger partial charge in [0.05, 0.1) is 28.6 Å². The van der Waals surface area contributed by atoms with E-state index in [0.29, 0.717) is 20.6 Å². The maximum absolute atomic E-state index is 6.28. The summed E-state index contributed by atoms with van der Waals surface area (Å²) in [6.07, 6.45) is -0.479. The molecule has 3 nitrogen and oxygen atoms in total. The zero-order valence-electron chi connectivity index (χ0n) is 12.5. The zero-order chi connectivity index (χ0) is 16.6. The first kappa shape index (κ1) is 16.3. The van der Waals surface area contributed by atoms with Crippen molar-refractivity contribution in [2.24, 2.45) is 9.98 Å². The second kappa shape index (κ2) is 6.52. The first-order valence-electron chi connectivity index (χ1n) is 6.91. The number of rotatable bonds is 3. The Balaban J connectivity index is 2.08. The fourth-order valence-corrected chi connectivity index (χ4v) is 3.54. The van der Waals surface area contributed by atoms with Crippen LogP contribution < -0.4 is 4.74 Å². The minimum absolute atomic E-state index is 0.453. The molecule has 0 aliphatic carbocycles. The van der Waals surface area contributed by atoms with E-state index in [-0.39, 0.29) is 0 Å². The molecule has 1 aliphatic heterocycles. The van der Waals surface area contributed by atoms with Crippen LogP contribution in [0.25, 0.3) is 0 Å². The van der Waals surface area contributed by atoms with Gasteiger partial charge >= 0.3 is 0 Å². The number of hydrogen-bond donors (Lipinski definition) is 0. The van der Waals surface area contributed by atoms with E-state index >= 15 is 0 Å². The molecule has 0 amide bonds. The second-order valence-corrected chi connectivity index (χ2v) is 6.30. The standard InChI is InChI=1S/C17H13Cl3N2O/c1-9-16(11-5-3-4-6-14(11)23-2)22-17(21-9)15-12(19)7-10(18)8-13(15)20/h3-8,17H,1-2H3/t17-/m1/s1. The maximum atomic E-state index is 6.28. The first-order valence-corrected chi connectivity index (χ1v) is 8.05. The molecule has 0 saturated carbocycles. The molecule has 1 heterocycles. The molecule has 0 fully saturated rings. The van der Waals surface area contributed by atoms with E-state index in [9.17, 15) is 0 Å². The number of hydrogen-bond acceptors (Lipinski definition) is 3. The predicted molar refractivity (Wildman–Crippen MR) is 96.9 cm³/mol. The van der Waals surface area contributed by atoms with Crippen LogP contribution in [0.15, 0.2) is 46.4 Å². The number of aliphatic imine (C=N–C) groups is 2. The summed E-state index contributed by atoms with van der Waals surface area (Å²) >= 11 is 18.5. The average molecular weight is 368 g/mol.